The van der Waals surface area contributed by atoms with Gasteiger partial charge in [-0.1, -0.05) is 34.9 Å². The molecule has 0 spiro atoms. The summed E-state index contributed by atoms with van der Waals surface area (Å²) in [5.74, 6) is 1.50. The van der Waals surface area contributed by atoms with Gasteiger partial charge in [-0.15, -0.1) is 0 Å². The summed E-state index contributed by atoms with van der Waals surface area (Å²) in [4.78, 5) is 27.3. The monoisotopic (exact) mass is 580 g/mol. The van der Waals surface area contributed by atoms with Crippen molar-refractivity contribution in [3.63, 3.8) is 0 Å². The normalized spacial score (nSPS) is 12.4. The van der Waals surface area contributed by atoms with E-state index >= 15 is 0 Å². The third kappa shape index (κ3) is 27.0. The second kappa shape index (κ2) is 27.9. The molecule has 2 amide bonds. The fourth-order valence-electron chi connectivity index (χ4n) is 3.59. The van der Waals surface area contributed by atoms with Gasteiger partial charge in [-0.25, -0.2) is 0 Å². The molecule has 0 saturated heterocycles. The van der Waals surface area contributed by atoms with E-state index in [1.165, 1.54) is 0 Å². The molecule has 0 aromatic rings. The van der Waals surface area contributed by atoms with Crippen LogP contribution in [0.4, 0.5) is 0 Å². The number of primary amides is 1. The highest BCUT2D eigenvalue weighted by atomic mass is 33.1. The molecule has 0 aromatic carbocycles. The third-order valence-electron chi connectivity index (χ3n) is 5.78. The highest BCUT2D eigenvalue weighted by Crippen LogP contribution is 2.20. The van der Waals surface area contributed by atoms with Crippen LogP contribution in [0.5, 0.6) is 0 Å². The van der Waals surface area contributed by atoms with Crippen LogP contribution in [0.15, 0.2) is 0 Å². The topological polar surface area (TPSA) is 121 Å². The molecule has 0 fully saturated rings. The lowest BCUT2D eigenvalue weighted by Crippen LogP contribution is -2.36. The lowest BCUT2D eigenvalue weighted by Gasteiger charge is -2.26. The van der Waals surface area contributed by atoms with Gasteiger partial charge in [0.05, 0.1) is 18.6 Å². The Labute approximate surface area is 240 Å². The van der Waals surface area contributed by atoms with Crippen molar-refractivity contribution in [3.8, 4) is 0 Å². The van der Waals surface area contributed by atoms with Gasteiger partial charge in [-0.3, -0.25) is 14.9 Å². The van der Waals surface area contributed by atoms with Crippen LogP contribution in [0.25, 0.3) is 0 Å². The molecule has 5 N–H and O–H groups in total. The van der Waals surface area contributed by atoms with Crippen molar-refractivity contribution in [2.24, 2.45) is 5.73 Å². The molecule has 0 heterocycles. The predicted octanol–water partition coefficient (Wildman–Crippen LogP) is 2.10. The zero-order valence-corrected chi connectivity index (χ0v) is 26.1. The maximum atomic E-state index is 11.9. The molecule has 38 heavy (non-hydrogen) atoms. The lowest BCUT2D eigenvalue weighted by atomic mass is 10.2. The summed E-state index contributed by atoms with van der Waals surface area (Å²) in [6.45, 7) is 9.15. The van der Waals surface area contributed by atoms with E-state index in [1.54, 1.807) is 21.6 Å². The van der Waals surface area contributed by atoms with Crippen molar-refractivity contribution in [1.29, 1.82) is 0 Å². The van der Waals surface area contributed by atoms with Gasteiger partial charge in [-0.05, 0) is 85.8 Å². The molecule has 0 bridgehead atoms. The second-order valence-corrected chi connectivity index (χ2v) is 12.2. The minimum absolute atomic E-state index is 0.0863. The third-order valence-corrected chi connectivity index (χ3v) is 8.26. The molecule has 0 aliphatic heterocycles. The van der Waals surface area contributed by atoms with Crippen molar-refractivity contribution < 1.29 is 19.1 Å². The molecule has 226 valence electrons. The molecule has 10 nitrogen and oxygen atoms in total. The van der Waals surface area contributed by atoms with Gasteiger partial charge in [0, 0.05) is 31.8 Å². The molecule has 0 rings (SSSR count). The molecule has 0 aromatic heterocycles. The van der Waals surface area contributed by atoms with Crippen LogP contribution in [-0.2, 0) is 19.1 Å². The first-order valence-electron chi connectivity index (χ1n) is 14.1. The van der Waals surface area contributed by atoms with E-state index < -0.39 is 0 Å². The van der Waals surface area contributed by atoms with E-state index in [4.69, 9.17) is 15.2 Å². The summed E-state index contributed by atoms with van der Waals surface area (Å²) in [5.41, 5.74) is 5.16. The van der Waals surface area contributed by atoms with E-state index in [0.29, 0.717) is 25.4 Å². The summed E-state index contributed by atoms with van der Waals surface area (Å²) in [7, 11) is 9.63. The Hall–Kier alpha value is -0.600. The molecular formula is C26H56N6O4S2. The minimum atomic E-state index is -0.234. The van der Waals surface area contributed by atoms with Crippen molar-refractivity contribution in [2.45, 2.75) is 64.4 Å². The zero-order valence-electron chi connectivity index (χ0n) is 24.4. The van der Waals surface area contributed by atoms with Gasteiger partial charge in [-0.2, -0.15) is 0 Å². The number of nitrogens with zero attached hydrogens (tertiary/aromatic N) is 2. The number of nitrogens with two attached hydrogens (primary N) is 1. The number of likely N-dealkylation sites (N-methyl/N-ethyl adjacent to an activating group) is 1. The fourth-order valence-corrected chi connectivity index (χ4v) is 5.59. The molecule has 1 atom stereocenters. The molecule has 0 radical (unpaired) electrons. The van der Waals surface area contributed by atoms with E-state index in [-0.39, 0.29) is 24.7 Å². The van der Waals surface area contributed by atoms with Crippen molar-refractivity contribution >= 4 is 33.4 Å². The number of nitrogens with one attached hydrogen (secondary N) is 3. The van der Waals surface area contributed by atoms with Crippen LogP contribution in [0.1, 0.15) is 58.3 Å². The zero-order chi connectivity index (χ0) is 28.3. The number of rotatable bonds is 29. The number of hydrogen-bond donors (Lipinski definition) is 4. The number of carbonyl (C=O) groups excluding carboxylic acids is 2. The van der Waals surface area contributed by atoms with Gasteiger partial charge in [0.15, 0.2) is 0 Å². The summed E-state index contributed by atoms with van der Waals surface area (Å²) >= 11 is 0. The largest absolute Gasteiger partial charge is 0.370 e. The van der Waals surface area contributed by atoms with Gasteiger partial charge in [0.2, 0.25) is 11.8 Å². The summed E-state index contributed by atoms with van der Waals surface area (Å²) in [6, 6.07) is 0. The highest BCUT2D eigenvalue weighted by molar-refractivity contribution is 8.76. The van der Waals surface area contributed by atoms with Crippen LogP contribution >= 0.6 is 21.6 Å². The first-order chi connectivity index (χ1) is 18.4. The van der Waals surface area contributed by atoms with Gasteiger partial charge < -0.3 is 35.6 Å². The Bertz CT molecular complexity index is 566. The maximum absolute atomic E-state index is 11.9. The fraction of sp³-hybridized carbons (Fsp3) is 0.923. The molecule has 1 unspecified atom stereocenters. The quantitative estimate of drug-likeness (QED) is 0.0595. The van der Waals surface area contributed by atoms with Gasteiger partial charge in [0.25, 0.3) is 0 Å². The Morgan fingerprint density at radius 1 is 0.947 bits per heavy atom. The Morgan fingerprint density at radius 2 is 1.71 bits per heavy atom. The summed E-state index contributed by atoms with van der Waals surface area (Å²) < 4.78 is 11.7. The Morgan fingerprint density at radius 3 is 2.45 bits per heavy atom. The van der Waals surface area contributed by atoms with Crippen LogP contribution < -0.4 is 21.7 Å². The first kappa shape index (κ1) is 37.4. The second-order valence-electron chi connectivity index (χ2n) is 9.63. The SMILES string of the molecule is CCCSSCC(=O)NCCCN(C)CCC(CN(C)CCCNC)OCOCNCCCCCC(N)=O. The van der Waals surface area contributed by atoms with Crippen LogP contribution in [-0.4, -0.2) is 120 Å². The van der Waals surface area contributed by atoms with E-state index in [9.17, 15) is 9.59 Å². The summed E-state index contributed by atoms with van der Waals surface area (Å²) in [6.07, 6.45) is 7.43. The number of ether oxygens (including phenoxy) is 2. The number of amides is 2. The summed E-state index contributed by atoms with van der Waals surface area (Å²) in [5, 5.41) is 9.46. The number of hydrogen-bond acceptors (Lipinski definition) is 10. The van der Waals surface area contributed by atoms with E-state index in [1.807, 2.05) is 7.05 Å². The average molecular weight is 581 g/mol. The Kier molecular flexibility index (Phi) is 27.5. The maximum Gasteiger partial charge on any atom is 0.230 e. The highest BCUT2D eigenvalue weighted by Gasteiger charge is 2.14. The molecule has 0 aliphatic carbocycles. The number of carbonyl (C=O) groups is 2. The smallest absolute Gasteiger partial charge is 0.230 e. The Balaban J connectivity index is 4.14. The standard InChI is InChI=1S/C26H56N6O4S2/c1-5-19-37-38-21-26(34)30-15-10-16-31(3)18-12-24(20-32(4)17-9-13-28-2)36-23-35-22-29-14-8-6-7-11-25(27)33/h24,28-29H,5-23H2,1-4H3,(H2,27,33)(H,30,34). The minimum Gasteiger partial charge on any atom is -0.370 e. The van der Waals surface area contributed by atoms with E-state index in [2.05, 4.69) is 46.8 Å². The van der Waals surface area contributed by atoms with Gasteiger partial charge in [0.1, 0.15) is 6.79 Å². The van der Waals surface area contributed by atoms with Crippen LogP contribution in [0.2, 0.25) is 0 Å². The predicted molar refractivity (Wildman–Crippen MR) is 162 cm³/mol. The number of unbranched alkanes of at least 4 members (excludes halogenated alkanes) is 2. The van der Waals surface area contributed by atoms with Crippen molar-refractivity contribution in [3.05, 3.63) is 0 Å². The first-order valence-corrected chi connectivity index (χ1v) is 16.6. The lowest BCUT2D eigenvalue weighted by molar-refractivity contribution is -0.119. The molecule has 12 heteroatoms. The van der Waals surface area contributed by atoms with E-state index in [0.717, 1.165) is 90.0 Å². The molecular weight excluding hydrogens is 524 g/mol. The molecule has 0 saturated carbocycles. The van der Waals surface area contributed by atoms with Crippen molar-refractivity contribution in [2.75, 3.05) is 92.0 Å². The van der Waals surface area contributed by atoms with Crippen LogP contribution in [0.3, 0.4) is 0 Å². The van der Waals surface area contributed by atoms with Gasteiger partial charge >= 0.3 is 0 Å². The molecule has 0 aliphatic rings. The van der Waals surface area contributed by atoms with Crippen molar-refractivity contribution in [1.82, 2.24) is 25.8 Å². The average Bonchev–Trinajstić information content (AvgIpc) is 2.88. The van der Waals surface area contributed by atoms with Crippen LogP contribution in [0, 0.1) is 0 Å².